The van der Waals surface area contributed by atoms with Gasteiger partial charge in [0.25, 0.3) is 0 Å². The van der Waals surface area contributed by atoms with E-state index in [1.807, 2.05) is 19.1 Å². The van der Waals surface area contributed by atoms with E-state index < -0.39 is 0 Å². The number of nitrogens with one attached hydrogen (secondary N) is 2. The largest absolute Gasteiger partial charge is 0.493 e. The Labute approximate surface area is 177 Å². The number of benzene rings is 1. The first-order valence-corrected chi connectivity index (χ1v) is 10.6. The van der Waals surface area contributed by atoms with E-state index in [0.29, 0.717) is 30.3 Å². The van der Waals surface area contributed by atoms with Gasteiger partial charge in [-0.3, -0.25) is 4.99 Å². The molecule has 0 aliphatic heterocycles. The van der Waals surface area contributed by atoms with Gasteiger partial charge in [-0.2, -0.15) is 0 Å². The molecule has 0 saturated carbocycles. The van der Waals surface area contributed by atoms with Gasteiger partial charge in [0, 0.05) is 36.5 Å². The zero-order valence-electron chi connectivity index (χ0n) is 18.2. The molecule has 0 aliphatic rings. The number of ether oxygens (including phenoxy) is 3. The van der Waals surface area contributed by atoms with Crippen molar-refractivity contribution in [2.45, 2.75) is 33.6 Å². The van der Waals surface area contributed by atoms with Gasteiger partial charge < -0.3 is 24.8 Å². The van der Waals surface area contributed by atoms with Crippen LogP contribution in [0.2, 0.25) is 0 Å². The number of nitrogens with zero attached hydrogens (tertiary/aromatic N) is 2. The van der Waals surface area contributed by atoms with Gasteiger partial charge in [0.2, 0.25) is 5.75 Å². The molecule has 2 rings (SSSR count). The van der Waals surface area contributed by atoms with Crippen LogP contribution in [0.1, 0.15) is 28.1 Å². The van der Waals surface area contributed by atoms with Crippen LogP contribution in [-0.2, 0) is 12.8 Å². The minimum absolute atomic E-state index is 0.613. The van der Waals surface area contributed by atoms with Crippen molar-refractivity contribution < 1.29 is 14.2 Å². The van der Waals surface area contributed by atoms with Crippen molar-refractivity contribution in [2.75, 3.05) is 41.0 Å². The highest BCUT2D eigenvalue weighted by atomic mass is 32.1. The van der Waals surface area contributed by atoms with E-state index in [-0.39, 0.29) is 0 Å². The summed E-state index contributed by atoms with van der Waals surface area (Å²) in [5, 5.41) is 7.80. The number of thiazole rings is 1. The van der Waals surface area contributed by atoms with Crippen molar-refractivity contribution in [2.24, 2.45) is 4.99 Å². The molecule has 1 heterocycles. The van der Waals surface area contributed by atoms with Crippen LogP contribution in [0.5, 0.6) is 17.2 Å². The van der Waals surface area contributed by atoms with Crippen LogP contribution in [0.25, 0.3) is 0 Å². The van der Waals surface area contributed by atoms with Gasteiger partial charge in [-0.1, -0.05) is 6.07 Å². The Morgan fingerprint density at radius 2 is 1.79 bits per heavy atom. The van der Waals surface area contributed by atoms with Crippen LogP contribution in [-0.4, -0.2) is 51.9 Å². The molecular weight excluding hydrogens is 388 g/mol. The molecule has 8 heteroatoms. The van der Waals surface area contributed by atoms with Crippen molar-refractivity contribution in [1.82, 2.24) is 15.6 Å². The summed E-state index contributed by atoms with van der Waals surface area (Å²) in [6.45, 7) is 8.43. The molecule has 1 aromatic heterocycles. The number of guanidine groups is 1. The van der Waals surface area contributed by atoms with Crippen molar-refractivity contribution in [1.29, 1.82) is 0 Å². The van der Waals surface area contributed by atoms with Gasteiger partial charge in [-0.15, -0.1) is 11.3 Å². The predicted octanol–water partition coefficient (Wildman–Crippen LogP) is 3.13. The number of aryl methyl sites for hydroxylation is 2. The summed E-state index contributed by atoms with van der Waals surface area (Å²) >= 11 is 1.75. The van der Waals surface area contributed by atoms with Crippen molar-refractivity contribution in [3.63, 3.8) is 0 Å². The average Bonchev–Trinajstić information content (AvgIpc) is 3.04. The third kappa shape index (κ3) is 6.25. The van der Waals surface area contributed by atoms with E-state index in [4.69, 9.17) is 14.2 Å². The van der Waals surface area contributed by atoms with Crippen LogP contribution in [0.3, 0.4) is 0 Å². The summed E-state index contributed by atoms with van der Waals surface area (Å²) in [5.41, 5.74) is 2.16. The minimum Gasteiger partial charge on any atom is -0.493 e. The standard InChI is InChI=1S/C21H32N4O3S/c1-7-22-21(24-13-11-18-25-14(2)15(3)29-18)23-12-10-16-8-9-17(26-4)20(28-6)19(16)27-5/h8-9H,7,10-13H2,1-6H3,(H2,22,23,24). The fraction of sp³-hybridized carbons (Fsp3) is 0.524. The average molecular weight is 421 g/mol. The Balaban J connectivity index is 1.96. The smallest absolute Gasteiger partial charge is 0.203 e. The van der Waals surface area contributed by atoms with Gasteiger partial charge in [-0.25, -0.2) is 4.98 Å². The Bertz CT molecular complexity index is 801. The molecule has 0 saturated heterocycles. The summed E-state index contributed by atoms with van der Waals surface area (Å²) < 4.78 is 16.4. The number of hydrogen-bond acceptors (Lipinski definition) is 6. The zero-order valence-corrected chi connectivity index (χ0v) is 19.0. The molecule has 2 N–H and O–H groups in total. The Morgan fingerprint density at radius 1 is 1.03 bits per heavy atom. The summed E-state index contributed by atoms with van der Waals surface area (Å²) in [7, 11) is 4.87. The highest BCUT2D eigenvalue weighted by molar-refractivity contribution is 7.11. The molecule has 0 atom stereocenters. The molecule has 0 bridgehead atoms. The predicted molar refractivity (Wildman–Crippen MR) is 119 cm³/mol. The monoisotopic (exact) mass is 420 g/mol. The summed E-state index contributed by atoms with van der Waals surface area (Å²) in [6.07, 6.45) is 1.61. The summed E-state index contributed by atoms with van der Waals surface area (Å²) in [5.74, 6) is 2.77. The molecule has 29 heavy (non-hydrogen) atoms. The fourth-order valence-electron chi connectivity index (χ4n) is 2.93. The molecular formula is C21H32N4O3S. The maximum absolute atomic E-state index is 5.56. The summed E-state index contributed by atoms with van der Waals surface area (Å²) in [4.78, 5) is 10.5. The van der Waals surface area contributed by atoms with Gasteiger partial charge in [0.1, 0.15) is 0 Å². The van der Waals surface area contributed by atoms with Gasteiger partial charge >= 0.3 is 0 Å². The molecule has 0 aliphatic carbocycles. The summed E-state index contributed by atoms with van der Waals surface area (Å²) in [6, 6.07) is 3.90. The lowest BCUT2D eigenvalue weighted by Gasteiger charge is -2.16. The van der Waals surface area contributed by atoms with Crippen LogP contribution in [0.15, 0.2) is 17.1 Å². The van der Waals surface area contributed by atoms with Crippen molar-refractivity contribution in [3.05, 3.63) is 33.3 Å². The lowest BCUT2D eigenvalue weighted by Crippen LogP contribution is -2.38. The molecule has 0 spiro atoms. The van der Waals surface area contributed by atoms with Crippen LogP contribution < -0.4 is 24.8 Å². The Morgan fingerprint density at radius 3 is 2.38 bits per heavy atom. The molecule has 0 amide bonds. The normalized spacial score (nSPS) is 11.3. The number of hydrogen-bond donors (Lipinski definition) is 2. The first kappa shape index (κ1) is 22.8. The maximum Gasteiger partial charge on any atom is 0.203 e. The number of methoxy groups -OCH3 is 3. The second-order valence-electron chi connectivity index (χ2n) is 6.43. The number of aromatic nitrogens is 1. The van der Waals surface area contributed by atoms with E-state index >= 15 is 0 Å². The molecule has 160 valence electrons. The van der Waals surface area contributed by atoms with Crippen molar-refractivity contribution >= 4 is 17.3 Å². The minimum atomic E-state index is 0.613. The highest BCUT2D eigenvalue weighted by Gasteiger charge is 2.15. The highest BCUT2D eigenvalue weighted by Crippen LogP contribution is 2.39. The maximum atomic E-state index is 5.56. The van der Waals surface area contributed by atoms with Crippen LogP contribution in [0, 0.1) is 13.8 Å². The SMILES string of the molecule is CCNC(=NCCc1nc(C)c(C)s1)NCCc1ccc(OC)c(OC)c1OC. The van der Waals surface area contributed by atoms with Crippen molar-refractivity contribution in [3.8, 4) is 17.2 Å². The lowest BCUT2D eigenvalue weighted by atomic mass is 10.1. The molecule has 0 radical (unpaired) electrons. The van der Waals surface area contributed by atoms with E-state index in [9.17, 15) is 0 Å². The first-order valence-electron chi connectivity index (χ1n) is 9.76. The van der Waals surface area contributed by atoms with E-state index in [1.165, 1.54) is 4.88 Å². The molecule has 1 aromatic carbocycles. The van der Waals surface area contributed by atoms with Crippen LogP contribution in [0.4, 0.5) is 0 Å². The molecule has 0 unspecified atom stereocenters. The number of rotatable bonds is 10. The van der Waals surface area contributed by atoms with Gasteiger partial charge in [0.05, 0.1) is 32.0 Å². The van der Waals surface area contributed by atoms with E-state index in [2.05, 4.69) is 34.5 Å². The quantitative estimate of drug-likeness (QED) is 0.454. The molecule has 0 fully saturated rings. The second-order valence-corrected chi connectivity index (χ2v) is 7.72. The zero-order chi connectivity index (χ0) is 21.2. The Hall–Kier alpha value is -2.48. The fourth-order valence-corrected chi connectivity index (χ4v) is 3.85. The Kier molecular flexibility index (Phi) is 9.05. The third-order valence-corrected chi connectivity index (χ3v) is 5.62. The van der Waals surface area contributed by atoms with E-state index in [1.54, 1.807) is 32.7 Å². The molecule has 7 nitrogen and oxygen atoms in total. The van der Waals surface area contributed by atoms with E-state index in [0.717, 1.165) is 41.6 Å². The second kappa shape index (κ2) is 11.5. The number of aliphatic imine (C=N–C) groups is 1. The third-order valence-electron chi connectivity index (χ3n) is 4.49. The van der Waals surface area contributed by atoms with Gasteiger partial charge in [-0.05, 0) is 33.3 Å². The topological polar surface area (TPSA) is 77.0 Å². The van der Waals surface area contributed by atoms with Gasteiger partial charge in [0.15, 0.2) is 17.5 Å². The first-order chi connectivity index (χ1) is 14.0. The van der Waals surface area contributed by atoms with Crippen LogP contribution >= 0.6 is 11.3 Å². The lowest BCUT2D eigenvalue weighted by molar-refractivity contribution is 0.322. The molecule has 2 aromatic rings.